The lowest BCUT2D eigenvalue weighted by Gasteiger charge is -2.10. The van der Waals surface area contributed by atoms with Crippen molar-refractivity contribution in [1.82, 2.24) is 10.2 Å². The highest BCUT2D eigenvalue weighted by atomic mass is 16.1. The van der Waals surface area contributed by atoms with E-state index in [9.17, 15) is 10.1 Å². The highest BCUT2D eigenvalue weighted by molar-refractivity contribution is 5.84. The lowest BCUT2D eigenvalue weighted by Crippen LogP contribution is -2.15. The van der Waals surface area contributed by atoms with Crippen molar-refractivity contribution in [3.63, 3.8) is 0 Å². The van der Waals surface area contributed by atoms with Crippen LogP contribution in [0.3, 0.4) is 0 Å². The highest BCUT2D eigenvalue weighted by Crippen LogP contribution is 2.31. The molecule has 2 aromatic carbocycles. The van der Waals surface area contributed by atoms with E-state index in [1.165, 1.54) is 0 Å². The fraction of sp³-hybridized carbons (Fsp3) is 0.105. The second-order valence-corrected chi connectivity index (χ2v) is 5.50. The molecule has 0 aliphatic heterocycles. The van der Waals surface area contributed by atoms with E-state index < -0.39 is 5.56 Å². The van der Waals surface area contributed by atoms with Crippen LogP contribution in [0.15, 0.2) is 53.3 Å². The quantitative estimate of drug-likeness (QED) is 0.786. The predicted octanol–water partition coefficient (Wildman–Crippen LogP) is 3.59. The summed E-state index contributed by atoms with van der Waals surface area (Å²) in [5.41, 5.74) is 4.70. The normalized spacial score (nSPS) is 10.3. The van der Waals surface area contributed by atoms with Gasteiger partial charge < -0.3 is 0 Å². The fourth-order valence-electron chi connectivity index (χ4n) is 2.48. The molecule has 0 amide bonds. The molecule has 0 radical (unpaired) electrons. The van der Waals surface area contributed by atoms with Crippen molar-refractivity contribution in [2.75, 3.05) is 0 Å². The minimum Gasteiger partial charge on any atom is -0.266 e. The zero-order valence-corrected chi connectivity index (χ0v) is 12.9. The summed E-state index contributed by atoms with van der Waals surface area (Å²) in [5, 5.41) is 16.1. The van der Waals surface area contributed by atoms with Gasteiger partial charge >= 0.3 is 0 Å². The molecular weight excluding hydrogens is 286 g/mol. The molecule has 0 bridgehead atoms. The topological polar surface area (TPSA) is 69.5 Å². The van der Waals surface area contributed by atoms with Gasteiger partial charge in [-0.1, -0.05) is 59.7 Å². The summed E-state index contributed by atoms with van der Waals surface area (Å²) in [6, 6.07) is 17.6. The van der Waals surface area contributed by atoms with Gasteiger partial charge in [-0.05, 0) is 19.4 Å². The fourth-order valence-corrected chi connectivity index (χ4v) is 2.48. The van der Waals surface area contributed by atoms with Gasteiger partial charge in [-0.25, -0.2) is 5.10 Å². The second kappa shape index (κ2) is 5.90. The number of H-pyrrole nitrogens is 1. The number of rotatable bonds is 2. The molecule has 4 heteroatoms. The number of hydrogen-bond donors (Lipinski definition) is 1. The minimum absolute atomic E-state index is 0.0828. The van der Waals surface area contributed by atoms with Crippen molar-refractivity contribution < 1.29 is 0 Å². The van der Waals surface area contributed by atoms with E-state index in [1.54, 1.807) is 0 Å². The van der Waals surface area contributed by atoms with Crippen LogP contribution in [0.1, 0.15) is 16.7 Å². The van der Waals surface area contributed by atoms with Crippen LogP contribution in [-0.2, 0) is 0 Å². The molecule has 0 saturated heterocycles. The first-order chi connectivity index (χ1) is 11.1. The van der Waals surface area contributed by atoms with E-state index >= 15 is 0 Å². The van der Waals surface area contributed by atoms with Gasteiger partial charge in [0.1, 0.15) is 17.3 Å². The molecule has 1 N–H and O–H groups in total. The van der Waals surface area contributed by atoms with Gasteiger partial charge in [0.05, 0.1) is 0 Å². The molecule has 112 valence electrons. The first-order valence-electron chi connectivity index (χ1n) is 7.27. The van der Waals surface area contributed by atoms with E-state index in [0.29, 0.717) is 11.3 Å². The number of nitrogens with one attached hydrogen (secondary N) is 1. The van der Waals surface area contributed by atoms with Crippen LogP contribution < -0.4 is 5.56 Å². The number of aromatic nitrogens is 2. The van der Waals surface area contributed by atoms with Gasteiger partial charge in [0.25, 0.3) is 5.56 Å². The molecule has 0 atom stereocenters. The third-order valence-electron chi connectivity index (χ3n) is 3.76. The number of nitrogens with zero attached hydrogens (tertiary/aromatic N) is 2. The summed E-state index contributed by atoms with van der Waals surface area (Å²) in [7, 11) is 0. The van der Waals surface area contributed by atoms with Gasteiger partial charge in [0.15, 0.2) is 0 Å². The lowest BCUT2D eigenvalue weighted by molar-refractivity contribution is 0.989. The third-order valence-corrected chi connectivity index (χ3v) is 3.76. The van der Waals surface area contributed by atoms with Crippen LogP contribution in [0.4, 0.5) is 0 Å². The Morgan fingerprint density at radius 3 is 1.96 bits per heavy atom. The molecule has 0 aliphatic rings. The van der Waals surface area contributed by atoms with E-state index in [1.807, 2.05) is 68.4 Å². The number of hydrogen-bond acceptors (Lipinski definition) is 3. The smallest absolute Gasteiger partial charge is 0.266 e. The summed E-state index contributed by atoms with van der Waals surface area (Å²) in [6.07, 6.45) is 0. The third kappa shape index (κ3) is 2.77. The number of benzene rings is 2. The number of aromatic amines is 1. The van der Waals surface area contributed by atoms with Crippen LogP contribution in [0, 0.1) is 25.2 Å². The minimum atomic E-state index is -0.473. The van der Waals surface area contributed by atoms with E-state index in [2.05, 4.69) is 10.2 Å². The predicted molar refractivity (Wildman–Crippen MR) is 89.9 cm³/mol. The molecular formula is C19H15N3O. The molecule has 1 heterocycles. The van der Waals surface area contributed by atoms with Gasteiger partial charge in [-0.15, -0.1) is 0 Å². The Kier molecular flexibility index (Phi) is 3.78. The maximum Gasteiger partial charge on any atom is 0.282 e. The molecule has 1 aromatic heterocycles. The van der Waals surface area contributed by atoms with E-state index in [0.717, 1.165) is 22.3 Å². The molecule has 0 unspecified atom stereocenters. The van der Waals surface area contributed by atoms with Crippen LogP contribution in [0.5, 0.6) is 0 Å². The maximum absolute atomic E-state index is 12.0. The first kappa shape index (κ1) is 14.7. The average molecular weight is 301 g/mol. The largest absolute Gasteiger partial charge is 0.282 e. The van der Waals surface area contributed by atoms with Crippen LogP contribution in [0.2, 0.25) is 0 Å². The van der Waals surface area contributed by atoms with Crippen molar-refractivity contribution in [3.05, 3.63) is 75.6 Å². The van der Waals surface area contributed by atoms with E-state index in [4.69, 9.17) is 0 Å². The molecule has 3 rings (SSSR count). The summed E-state index contributed by atoms with van der Waals surface area (Å²) in [6.45, 7) is 4.00. The van der Waals surface area contributed by atoms with E-state index in [-0.39, 0.29) is 5.56 Å². The molecule has 3 aromatic rings. The van der Waals surface area contributed by atoms with Crippen molar-refractivity contribution in [2.45, 2.75) is 13.8 Å². The Bertz CT molecular complexity index is 946. The van der Waals surface area contributed by atoms with Crippen molar-refractivity contribution in [3.8, 4) is 28.5 Å². The Morgan fingerprint density at radius 1 is 0.913 bits per heavy atom. The lowest BCUT2D eigenvalue weighted by atomic mass is 9.95. The highest BCUT2D eigenvalue weighted by Gasteiger charge is 2.17. The Hall–Kier alpha value is -3.19. The van der Waals surface area contributed by atoms with Gasteiger partial charge in [0, 0.05) is 11.1 Å². The van der Waals surface area contributed by atoms with Gasteiger partial charge in [0.2, 0.25) is 0 Å². The van der Waals surface area contributed by atoms with Gasteiger partial charge in [-0.2, -0.15) is 10.4 Å². The van der Waals surface area contributed by atoms with Crippen molar-refractivity contribution in [1.29, 1.82) is 5.26 Å². The maximum atomic E-state index is 12.0. The van der Waals surface area contributed by atoms with Crippen LogP contribution in [0.25, 0.3) is 22.4 Å². The number of aryl methyl sites for hydroxylation is 2. The van der Waals surface area contributed by atoms with Crippen molar-refractivity contribution >= 4 is 0 Å². The average Bonchev–Trinajstić information content (AvgIpc) is 2.56. The summed E-state index contributed by atoms with van der Waals surface area (Å²) >= 11 is 0. The van der Waals surface area contributed by atoms with Gasteiger partial charge in [-0.3, -0.25) is 4.79 Å². The molecule has 0 aliphatic carbocycles. The zero-order valence-electron chi connectivity index (χ0n) is 12.9. The zero-order chi connectivity index (χ0) is 16.4. The Labute approximate surface area is 134 Å². The summed E-state index contributed by atoms with van der Waals surface area (Å²) < 4.78 is 0. The molecule has 0 saturated carbocycles. The molecule has 0 fully saturated rings. The monoisotopic (exact) mass is 301 g/mol. The standard InChI is InChI=1S/C19H15N3O/c1-12-3-7-14(8-4-12)17-16(11-20)19(23)22-21-18(17)15-9-5-13(2)6-10-15/h3-10H,1-2H3,(H,22,23). The Morgan fingerprint density at radius 2 is 1.43 bits per heavy atom. The Balaban J connectivity index is 2.33. The van der Waals surface area contributed by atoms with Crippen LogP contribution >= 0.6 is 0 Å². The first-order valence-corrected chi connectivity index (χ1v) is 7.27. The summed E-state index contributed by atoms with van der Waals surface area (Å²) in [5.74, 6) is 0. The molecule has 0 spiro atoms. The summed E-state index contributed by atoms with van der Waals surface area (Å²) in [4.78, 5) is 12.0. The molecule has 4 nitrogen and oxygen atoms in total. The van der Waals surface area contributed by atoms with Crippen LogP contribution in [-0.4, -0.2) is 10.2 Å². The SMILES string of the molecule is Cc1ccc(-c2n[nH]c(=O)c(C#N)c2-c2ccc(C)cc2)cc1. The van der Waals surface area contributed by atoms with Crippen molar-refractivity contribution in [2.24, 2.45) is 0 Å². The second-order valence-electron chi connectivity index (χ2n) is 5.50. The number of nitriles is 1. The molecule has 23 heavy (non-hydrogen) atoms.